The maximum atomic E-state index is 12.9. The molecule has 0 aromatic heterocycles. The average molecular weight is 550 g/mol. The standard InChI is InChI=1S/C23H22Br2N2O4/c1-2-3-4-8-11-31-20-18(24)13-15(14-19(20)25)12-17-21(28)26-23(30)27(22(17)29)16-9-6-5-7-10-16/h5-7,9-10,12-14H,2-4,8,11H2,1H3,(H,26,28,30)/b17-12-. The molecule has 0 spiro atoms. The fraction of sp³-hybridized carbons (Fsp3) is 0.261. The molecule has 1 fully saturated rings. The molecular formula is C23H22Br2N2O4. The second-order valence-electron chi connectivity index (χ2n) is 7.02. The van der Waals surface area contributed by atoms with Gasteiger partial charge in [0.15, 0.2) is 0 Å². The van der Waals surface area contributed by atoms with Gasteiger partial charge in [-0.1, -0.05) is 44.4 Å². The summed E-state index contributed by atoms with van der Waals surface area (Å²) in [7, 11) is 0. The van der Waals surface area contributed by atoms with Crippen molar-refractivity contribution in [3.63, 3.8) is 0 Å². The van der Waals surface area contributed by atoms with Crippen LogP contribution in [0.15, 0.2) is 57.0 Å². The molecule has 6 nitrogen and oxygen atoms in total. The summed E-state index contributed by atoms with van der Waals surface area (Å²) in [4.78, 5) is 38.5. The number of carbonyl (C=O) groups excluding carboxylic acids is 3. The van der Waals surface area contributed by atoms with E-state index in [9.17, 15) is 14.4 Å². The third-order valence-corrected chi connectivity index (χ3v) is 5.87. The molecule has 2 aromatic carbocycles. The van der Waals surface area contributed by atoms with Gasteiger partial charge in [0.2, 0.25) is 0 Å². The Balaban J connectivity index is 1.83. The summed E-state index contributed by atoms with van der Waals surface area (Å²) in [5.74, 6) is -0.742. The van der Waals surface area contributed by atoms with Crippen LogP contribution in [0.4, 0.5) is 10.5 Å². The molecule has 2 aromatic rings. The number of amides is 4. The third-order valence-electron chi connectivity index (χ3n) is 4.69. The highest BCUT2D eigenvalue weighted by Crippen LogP contribution is 2.36. The first-order chi connectivity index (χ1) is 14.9. The van der Waals surface area contributed by atoms with Crippen molar-refractivity contribution in [3.8, 4) is 5.75 Å². The van der Waals surface area contributed by atoms with Crippen molar-refractivity contribution in [2.24, 2.45) is 0 Å². The van der Waals surface area contributed by atoms with E-state index in [1.807, 2.05) is 0 Å². The predicted octanol–water partition coefficient (Wildman–Crippen LogP) is 5.84. The molecule has 162 valence electrons. The maximum Gasteiger partial charge on any atom is 0.335 e. The van der Waals surface area contributed by atoms with Gasteiger partial charge in [0.1, 0.15) is 11.3 Å². The predicted molar refractivity (Wildman–Crippen MR) is 127 cm³/mol. The number of nitrogens with zero attached hydrogens (tertiary/aromatic N) is 1. The van der Waals surface area contributed by atoms with Crippen LogP contribution in [0.3, 0.4) is 0 Å². The van der Waals surface area contributed by atoms with E-state index in [1.54, 1.807) is 42.5 Å². The van der Waals surface area contributed by atoms with Crippen LogP contribution in [0.5, 0.6) is 5.75 Å². The summed E-state index contributed by atoms with van der Waals surface area (Å²) in [5, 5.41) is 2.22. The van der Waals surface area contributed by atoms with Crippen molar-refractivity contribution >= 4 is 61.5 Å². The van der Waals surface area contributed by atoms with Gasteiger partial charge in [0.25, 0.3) is 11.8 Å². The van der Waals surface area contributed by atoms with Gasteiger partial charge in [-0.25, -0.2) is 9.69 Å². The molecule has 8 heteroatoms. The van der Waals surface area contributed by atoms with E-state index in [0.717, 1.165) is 24.2 Å². The van der Waals surface area contributed by atoms with Crippen molar-refractivity contribution in [2.75, 3.05) is 11.5 Å². The number of rotatable bonds is 8. The monoisotopic (exact) mass is 548 g/mol. The van der Waals surface area contributed by atoms with Gasteiger partial charge in [0.05, 0.1) is 21.2 Å². The van der Waals surface area contributed by atoms with E-state index in [2.05, 4.69) is 44.1 Å². The highest BCUT2D eigenvalue weighted by Gasteiger charge is 2.36. The Bertz CT molecular complexity index is 998. The first kappa shape index (κ1) is 23.2. The Morgan fingerprint density at radius 1 is 1.00 bits per heavy atom. The molecule has 0 bridgehead atoms. The molecule has 31 heavy (non-hydrogen) atoms. The van der Waals surface area contributed by atoms with Crippen LogP contribution in [0.1, 0.15) is 38.2 Å². The van der Waals surface area contributed by atoms with Crippen LogP contribution in [-0.2, 0) is 9.59 Å². The van der Waals surface area contributed by atoms with E-state index in [-0.39, 0.29) is 5.57 Å². The minimum Gasteiger partial charge on any atom is -0.491 e. The summed E-state index contributed by atoms with van der Waals surface area (Å²) in [6.07, 6.45) is 5.88. The van der Waals surface area contributed by atoms with E-state index < -0.39 is 17.8 Å². The summed E-state index contributed by atoms with van der Waals surface area (Å²) in [6, 6.07) is 11.2. The van der Waals surface area contributed by atoms with E-state index in [0.29, 0.717) is 32.6 Å². The molecule has 0 unspecified atom stereocenters. The molecule has 3 rings (SSSR count). The van der Waals surface area contributed by atoms with Crippen LogP contribution in [0, 0.1) is 0 Å². The van der Waals surface area contributed by atoms with Crippen LogP contribution < -0.4 is 15.0 Å². The number of anilines is 1. The number of ether oxygens (including phenoxy) is 1. The summed E-state index contributed by atoms with van der Waals surface area (Å²) >= 11 is 7.00. The molecule has 1 aliphatic heterocycles. The molecule has 1 heterocycles. The second-order valence-corrected chi connectivity index (χ2v) is 8.72. The number of hydrogen-bond acceptors (Lipinski definition) is 4. The lowest BCUT2D eigenvalue weighted by Crippen LogP contribution is -2.54. The smallest absolute Gasteiger partial charge is 0.335 e. The van der Waals surface area contributed by atoms with Gasteiger partial charge in [-0.2, -0.15) is 0 Å². The summed E-state index contributed by atoms with van der Waals surface area (Å²) in [5.41, 5.74) is 0.867. The van der Waals surface area contributed by atoms with Gasteiger partial charge >= 0.3 is 6.03 Å². The number of halogens is 2. The van der Waals surface area contributed by atoms with Crippen LogP contribution in [0.2, 0.25) is 0 Å². The number of benzene rings is 2. The number of nitrogens with one attached hydrogen (secondary N) is 1. The Morgan fingerprint density at radius 2 is 1.68 bits per heavy atom. The van der Waals surface area contributed by atoms with Crippen molar-refractivity contribution < 1.29 is 19.1 Å². The molecule has 0 saturated carbocycles. The largest absolute Gasteiger partial charge is 0.491 e. The number of barbiturate groups is 1. The SMILES string of the molecule is CCCCCCOc1c(Br)cc(/C=C2/C(=O)NC(=O)N(c3ccccc3)C2=O)cc1Br. The molecule has 1 aliphatic rings. The topological polar surface area (TPSA) is 75.7 Å². The van der Waals surface area contributed by atoms with Crippen molar-refractivity contribution in [1.29, 1.82) is 0 Å². The maximum absolute atomic E-state index is 12.9. The first-order valence-electron chi connectivity index (χ1n) is 10.0. The van der Waals surface area contributed by atoms with Gasteiger partial charge < -0.3 is 4.74 Å². The summed E-state index contributed by atoms with van der Waals surface area (Å²) in [6.45, 7) is 2.76. The van der Waals surface area contributed by atoms with Crippen LogP contribution in [0.25, 0.3) is 6.08 Å². The number of imide groups is 2. The number of unbranched alkanes of at least 4 members (excludes halogenated alkanes) is 3. The molecule has 0 radical (unpaired) electrons. The lowest BCUT2D eigenvalue weighted by atomic mass is 10.1. The van der Waals surface area contributed by atoms with Crippen molar-refractivity contribution in [1.82, 2.24) is 5.32 Å². The number of urea groups is 1. The average Bonchev–Trinajstić information content (AvgIpc) is 2.73. The Hall–Kier alpha value is -2.45. The second kappa shape index (κ2) is 10.7. The van der Waals surface area contributed by atoms with Gasteiger partial charge in [-0.3, -0.25) is 14.9 Å². The fourth-order valence-corrected chi connectivity index (χ4v) is 4.59. The van der Waals surface area contributed by atoms with Gasteiger partial charge in [-0.05, 0) is 74.2 Å². The zero-order valence-corrected chi connectivity index (χ0v) is 20.2. The quantitative estimate of drug-likeness (QED) is 0.255. The normalized spacial score (nSPS) is 15.4. The lowest BCUT2D eigenvalue weighted by Gasteiger charge is -2.26. The molecular weight excluding hydrogens is 528 g/mol. The lowest BCUT2D eigenvalue weighted by molar-refractivity contribution is -0.122. The zero-order valence-electron chi connectivity index (χ0n) is 17.0. The van der Waals surface area contributed by atoms with Gasteiger partial charge in [0, 0.05) is 0 Å². The first-order valence-corrected chi connectivity index (χ1v) is 11.6. The fourth-order valence-electron chi connectivity index (χ4n) is 3.14. The zero-order chi connectivity index (χ0) is 22.4. The number of hydrogen-bond donors (Lipinski definition) is 1. The highest BCUT2D eigenvalue weighted by atomic mass is 79.9. The van der Waals surface area contributed by atoms with Crippen LogP contribution in [-0.4, -0.2) is 24.5 Å². The number of para-hydroxylation sites is 1. The Kier molecular flexibility index (Phi) is 8.03. The van der Waals surface area contributed by atoms with Crippen molar-refractivity contribution in [3.05, 3.63) is 62.5 Å². The van der Waals surface area contributed by atoms with Gasteiger partial charge in [-0.15, -0.1) is 0 Å². The third kappa shape index (κ3) is 5.62. The molecule has 0 aliphatic carbocycles. The molecule has 1 saturated heterocycles. The minimum atomic E-state index is -0.771. The Morgan fingerprint density at radius 3 is 2.32 bits per heavy atom. The Labute approximate surface area is 197 Å². The van der Waals surface area contributed by atoms with Crippen LogP contribution >= 0.6 is 31.9 Å². The van der Waals surface area contributed by atoms with E-state index in [4.69, 9.17) is 4.74 Å². The molecule has 1 N–H and O–H groups in total. The minimum absolute atomic E-state index is 0.129. The van der Waals surface area contributed by atoms with Crippen molar-refractivity contribution in [2.45, 2.75) is 32.6 Å². The highest BCUT2D eigenvalue weighted by molar-refractivity contribution is 9.11. The molecule has 0 atom stereocenters. The summed E-state index contributed by atoms with van der Waals surface area (Å²) < 4.78 is 7.27. The number of carbonyl (C=O) groups is 3. The van der Waals surface area contributed by atoms with E-state index in [1.165, 1.54) is 12.5 Å². The molecule has 4 amide bonds. The van der Waals surface area contributed by atoms with E-state index >= 15 is 0 Å².